The van der Waals surface area contributed by atoms with Crippen LogP contribution in [0, 0.1) is 5.41 Å². The molecule has 0 aliphatic carbocycles. The Kier molecular flexibility index (Phi) is 9.83. The van der Waals surface area contributed by atoms with Crippen LogP contribution in [0.3, 0.4) is 0 Å². The van der Waals surface area contributed by atoms with Gasteiger partial charge in [0.15, 0.2) is 5.82 Å². The number of hydrogen-bond donors (Lipinski definition) is 4. The van der Waals surface area contributed by atoms with E-state index in [1.807, 2.05) is 43.3 Å². The van der Waals surface area contributed by atoms with Crippen LogP contribution < -0.4 is 15.8 Å². The number of benzene rings is 1. The molecule has 0 unspecified atom stereocenters. The molecule has 0 bridgehead atoms. The van der Waals surface area contributed by atoms with E-state index in [0.29, 0.717) is 23.8 Å². The van der Waals surface area contributed by atoms with Crippen molar-refractivity contribution in [1.29, 1.82) is 5.41 Å². The van der Waals surface area contributed by atoms with Crippen LogP contribution in [0.1, 0.15) is 12.5 Å². The Morgan fingerprint density at radius 1 is 1.25 bits per heavy atom. The first-order chi connectivity index (χ1) is 15.3. The molecule has 0 aliphatic heterocycles. The summed E-state index contributed by atoms with van der Waals surface area (Å²) in [4.78, 5) is 11.0. The fourth-order valence-electron chi connectivity index (χ4n) is 2.58. The first kappa shape index (κ1) is 25.0. The van der Waals surface area contributed by atoms with Crippen molar-refractivity contribution in [2.45, 2.75) is 6.92 Å². The van der Waals surface area contributed by atoms with Crippen molar-refractivity contribution >= 4 is 35.0 Å². The normalized spacial score (nSPS) is 12.1. The van der Waals surface area contributed by atoms with E-state index in [0.717, 1.165) is 29.9 Å². The molecule has 0 radical (unpaired) electrons. The molecular weight excluding hydrogens is 432 g/mol. The summed E-state index contributed by atoms with van der Waals surface area (Å²) < 4.78 is 28.2. The smallest absolute Gasteiger partial charge is 0.163 e. The molecule has 2 aromatic rings. The third-order valence-electron chi connectivity index (χ3n) is 4.11. The zero-order valence-corrected chi connectivity index (χ0v) is 19.0. The number of nitrogens with zero attached hydrogens (tertiary/aromatic N) is 3. The van der Waals surface area contributed by atoms with E-state index >= 15 is 0 Å². The lowest BCUT2D eigenvalue weighted by atomic mass is 10.1. The fraction of sp³-hybridized carbons (Fsp3) is 0.227. The largest absolute Gasteiger partial charge is 0.383 e. The topological polar surface area (TPSA) is 103 Å². The van der Waals surface area contributed by atoms with Crippen LogP contribution in [0.4, 0.5) is 26.1 Å². The third-order valence-corrected chi connectivity index (χ3v) is 4.73. The molecule has 10 heteroatoms. The van der Waals surface area contributed by atoms with Gasteiger partial charge in [-0.25, -0.2) is 18.7 Å². The summed E-state index contributed by atoms with van der Waals surface area (Å²) in [5.74, 6) is 0.668. The van der Waals surface area contributed by atoms with Crippen LogP contribution >= 0.6 is 11.9 Å². The van der Waals surface area contributed by atoms with Gasteiger partial charge in [-0.2, -0.15) is 0 Å². The summed E-state index contributed by atoms with van der Waals surface area (Å²) in [5.41, 5.74) is 8.48. The van der Waals surface area contributed by atoms with Crippen molar-refractivity contribution in [1.82, 2.24) is 14.9 Å². The van der Waals surface area contributed by atoms with Crippen molar-refractivity contribution < 1.29 is 8.78 Å². The van der Waals surface area contributed by atoms with E-state index in [4.69, 9.17) is 11.1 Å². The number of halogens is 2. The SMILES string of the molecule is CC(=N)c1c(N)nc(-c2ccc(NS/C=C/C(F)=C\C=C\F)cc2)nc1NCCN(C)C. The van der Waals surface area contributed by atoms with Gasteiger partial charge in [-0.05, 0) is 80.9 Å². The van der Waals surface area contributed by atoms with Gasteiger partial charge in [0, 0.05) is 30.1 Å². The maximum Gasteiger partial charge on any atom is 0.163 e. The maximum atomic E-state index is 13.3. The summed E-state index contributed by atoms with van der Waals surface area (Å²) in [5, 5.41) is 12.8. The van der Waals surface area contributed by atoms with Crippen molar-refractivity contribution in [2.75, 3.05) is 43.0 Å². The summed E-state index contributed by atoms with van der Waals surface area (Å²) in [6, 6.07) is 7.36. The van der Waals surface area contributed by atoms with E-state index in [1.54, 1.807) is 6.92 Å². The van der Waals surface area contributed by atoms with Gasteiger partial charge in [0.2, 0.25) is 0 Å². The molecule has 0 atom stereocenters. The number of rotatable bonds is 11. The number of aromatic nitrogens is 2. The van der Waals surface area contributed by atoms with Crippen LogP contribution in [0.15, 0.2) is 60.1 Å². The van der Waals surface area contributed by atoms with Gasteiger partial charge in [0.1, 0.15) is 17.5 Å². The lowest BCUT2D eigenvalue weighted by molar-refractivity contribution is 0.425. The molecular formula is C22H27F2N7S. The van der Waals surface area contributed by atoms with Gasteiger partial charge in [0.05, 0.1) is 11.9 Å². The van der Waals surface area contributed by atoms with Crippen LogP contribution in [0.5, 0.6) is 0 Å². The first-order valence-corrected chi connectivity index (χ1v) is 10.6. The van der Waals surface area contributed by atoms with Crippen molar-refractivity contribution in [3.05, 3.63) is 65.6 Å². The Labute approximate surface area is 191 Å². The minimum Gasteiger partial charge on any atom is -0.383 e. The highest BCUT2D eigenvalue weighted by Gasteiger charge is 2.15. The molecule has 1 heterocycles. The van der Waals surface area contributed by atoms with Crippen LogP contribution in [0.25, 0.3) is 11.4 Å². The monoisotopic (exact) mass is 459 g/mol. The maximum absolute atomic E-state index is 13.3. The second-order valence-electron chi connectivity index (χ2n) is 6.98. The number of nitrogens with one attached hydrogen (secondary N) is 3. The number of anilines is 3. The van der Waals surface area contributed by atoms with E-state index in [2.05, 4.69) is 20.0 Å². The van der Waals surface area contributed by atoms with E-state index < -0.39 is 5.83 Å². The molecule has 7 nitrogen and oxygen atoms in total. The summed E-state index contributed by atoms with van der Waals surface area (Å²) >= 11 is 1.17. The van der Waals surface area contributed by atoms with Crippen LogP contribution in [0.2, 0.25) is 0 Å². The molecule has 170 valence electrons. The standard InChI is InChI=1S/C22H27F2N7S/c1-15(25)19-20(26)28-21(29-22(19)27-12-13-31(2)3)16-6-8-18(9-7-16)30-32-14-10-17(24)5-4-11-23/h4-11,14,25,30H,12-13H2,1-3H3,(H3,26,27,28,29)/b11-4+,14-10+,17-5+,25-15?. The number of hydrogen-bond acceptors (Lipinski definition) is 8. The fourth-order valence-corrected chi connectivity index (χ4v) is 3.11. The minimum absolute atomic E-state index is 0.246. The van der Waals surface area contributed by atoms with E-state index in [1.165, 1.54) is 23.4 Å². The molecule has 1 aromatic heterocycles. The van der Waals surface area contributed by atoms with Gasteiger partial charge in [-0.15, -0.1) is 0 Å². The summed E-state index contributed by atoms with van der Waals surface area (Å²) in [6.45, 7) is 3.10. The van der Waals surface area contributed by atoms with Crippen molar-refractivity contribution in [3.8, 4) is 11.4 Å². The highest BCUT2D eigenvalue weighted by Crippen LogP contribution is 2.26. The Morgan fingerprint density at radius 2 is 1.97 bits per heavy atom. The molecule has 1 aromatic carbocycles. The number of allylic oxidation sites excluding steroid dienone is 4. The second-order valence-corrected chi connectivity index (χ2v) is 7.69. The number of likely N-dealkylation sites (N-methyl/N-ethyl adjacent to an activating group) is 1. The Hall–Kier alpha value is -3.24. The molecule has 5 N–H and O–H groups in total. The predicted octanol–water partition coefficient (Wildman–Crippen LogP) is 5.00. The van der Waals surface area contributed by atoms with E-state index in [9.17, 15) is 8.78 Å². The lowest BCUT2D eigenvalue weighted by Crippen LogP contribution is -2.22. The highest BCUT2D eigenvalue weighted by molar-refractivity contribution is 8.03. The third kappa shape index (κ3) is 7.78. The number of nitrogens with two attached hydrogens (primary N) is 1. The van der Waals surface area contributed by atoms with Gasteiger partial charge in [-0.1, -0.05) is 0 Å². The molecule has 0 spiro atoms. The molecule has 0 fully saturated rings. The lowest BCUT2D eigenvalue weighted by Gasteiger charge is -2.16. The zero-order valence-electron chi connectivity index (χ0n) is 18.2. The van der Waals surface area contributed by atoms with Gasteiger partial charge in [0.25, 0.3) is 0 Å². The summed E-state index contributed by atoms with van der Waals surface area (Å²) in [6.07, 6.45) is 3.48. The van der Waals surface area contributed by atoms with Gasteiger partial charge < -0.3 is 26.1 Å². The molecule has 0 saturated heterocycles. The molecule has 0 aliphatic rings. The Bertz CT molecular complexity index is 1000. The Balaban J connectivity index is 2.13. The molecule has 0 amide bonds. The average molecular weight is 460 g/mol. The highest BCUT2D eigenvalue weighted by atomic mass is 32.2. The zero-order chi connectivity index (χ0) is 23.5. The molecule has 32 heavy (non-hydrogen) atoms. The quantitative estimate of drug-likeness (QED) is 0.213. The van der Waals surface area contributed by atoms with E-state index in [-0.39, 0.29) is 17.9 Å². The Morgan fingerprint density at radius 3 is 2.59 bits per heavy atom. The number of nitrogen functional groups attached to an aromatic ring is 1. The van der Waals surface area contributed by atoms with Crippen molar-refractivity contribution in [2.24, 2.45) is 0 Å². The molecule has 2 rings (SSSR count). The van der Waals surface area contributed by atoms with Crippen LogP contribution in [-0.2, 0) is 0 Å². The summed E-state index contributed by atoms with van der Waals surface area (Å²) in [7, 11) is 3.95. The first-order valence-electron chi connectivity index (χ1n) is 9.74. The van der Waals surface area contributed by atoms with Crippen LogP contribution in [-0.4, -0.2) is 47.8 Å². The average Bonchev–Trinajstić information content (AvgIpc) is 2.74. The van der Waals surface area contributed by atoms with Crippen molar-refractivity contribution in [3.63, 3.8) is 0 Å². The second kappa shape index (κ2) is 12.6. The molecule has 0 saturated carbocycles. The van der Waals surface area contributed by atoms with Gasteiger partial charge >= 0.3 is 0 Å². The van der Waals surface area contributed by atoms with Gasteiger partial charge in [-0.3, -0.25) is 0 Å². The predicted molar refractivity (Wildman–Crippen MR) is 131 cm³/mol. The minimum atomic E-state index is -0.558.